The first-order chi connectivity index (χ1) is 14.0. The van der Waals surface area contributed by atoms with Gasteiger partial charge in [0.1, 0.15) is 18.2 Å². The third-order valence-electron chi connectivity index (χ3n) is 4.60. The van der Waals surface area contributed by atoms with Crippen molar-refractivity contribution in [3.8, 4) is 5.75 Å². The summed E-state index contributed by atoms with van der Waals surface area (Å²) in [7, 11) is 0. The summed E-state index contributed by atoms with van der Waals surface area (Å²) < 4.78 is 33.6. The molecule has 3 rings (SSSR count). The Balaban J connectivity index is 0.00000320. The molecule has 7 nitrogen and oxygen atoms in total. The van der Waals surface area contributed by atoms with Gasteiger partial charge in [-0.1, -0.05) is 13.8 Å². The molecule has 166 valence electrons. The Hall–Kier alpha value is -1.98. The molecule has 0 saturated heterocycles. The summed E-state index contributed by atoms with van der Waals surface area (Å²) in [5, 5.41) is 11.3. The molecule has 2 N–H and O–H groups in total. The predicted molar refractivity (Wildman–Crippen MR) is 123 cm³/mol. The highest BCUT2D eigenvalue weighted by atomic mass is 127. The van der Waals surface area contributed by atoms with E-state index in [1.807, 2.05) is 11.6 Å². The van der Waals surface area contributed by atoms with E-state index in [1.165, 1.54) is 6.07 Å². The zero-order valence-corrected chi connectivity index (χ0v) is 19.8. The van der Waals surface area contributed by atoms with Crippen LogP contribution in [0.3, 0.4) is 0 Å². The number of nitrogens with one attached hydrogen (secondary N) is 2. The summed E-state index contributed by atoms with van der Waals surface area (Å²) in [5.74, 6) is 1.39. The van der Waals surface area contributed by atoms with Gasteiger partial charge in [0.15, 0.2) is 23.4 Å². The fraction of sp³-hybridized carbons (Fsp3) is 0.550. The van der Waals surface area contributed by atoms with Gasteiger partial charge in [-0.3, -0.25) is 0 Å². The van der Waals surface area contributed by atoms with Crippen molar-refractivity contribution in [3.63, 3.8) is 0 Å². The number of aliphatic imine (C=N–C) groups is 1. The van der Waals surface area contributed by atoms with Crippen molar-refractivity contribution in [2.24, 2.45) is 4.99 Å². The average molecular weight is 534 g/mol. The van der Waals surface area contributed by atoms with Crippen LogP contribution in [0.2, 0.25) is 0 Å². The second-order valence-electron chi connectivity index (χ2n) is 7.29. The highest BCUT2D eigenvalue weighted by Gasteiger charge is 2.23. The van der Waals surface area contributed by atoms with Crippen molar-refractivity contribution >= 4 is 29.9 Å². The molecule has 0 radical (unpaired) electrons. The van der Waals surface area contributed by atoms with Gasteiger partial charge in [0.05, 0.1) is 13.1 Å². The summed E-state index contributed by atoms with van der Waals surface area (Å²) in [6.07, 6.45) is 1.82. The molecule has 0 amide bonds. The Labute approximate surface area is 192 Å². The maximum Gasteiger partial charge on any atom is 0.191 e. The van der Waals surface area contributed by atoms with E-state index in [2.05, 4.69) is 39.6 Å². The number of aryl methyl sites for hydroxylation is 1. The van der Waals surface area contributed by atoms with E-state index in [4.69, 9.17) is 4.74 Å². The molecule has 0 aliphatic carbocycles. The summed E-state index contributed by atoms with van der Waals surface area (Å²) >= 11 is 0. The van der Waals surface area contributed by atoms with Gasteiger partial charge in [-0.15, -0.1) is 24.0 Å². The summed E-state index contributed by atoms with van der Waals surface area (Å²) in [6.45, 7) is 8.30. The first-order valence-electron chi connectivity index (χ1n) is 10.0. The van der Waals surface area contributed by atoms with E-state index in [9.17, 15) is 8.78 Å². The van der Waals surface area contributed by atoms with E-state index in [0.717, 1.165) is 49.7 Å². The molecular formula is C20H29F2IN6O. The number of guanidine groups is 1. The number of halogens is 3. The van der Waals surface area contributed by atoms with Crippen molar-refractivity contribution in [1.29, 1.82) is 0 Å². The molecule has 2 aromatic rings. The van der Waals surface area contributed by atoms with Crippen LogP contribution in [0.25, 0.3) is 0 Å². The minimum atomic E-state index is -0.925. The Morgan fingerprint density at radius 3 is 2.83 bits per heavy atom. The summed E-state index contributed by atoms with van der Waals surface area (Å²) in [4.78, 5) is 9.12. The molecule has 1 aliphatic heterocycles. The monoisotopic (exact) mass is 534 g/mol. The molecule has 1 atom stereocenters. The van der Waals surface area contributed by atoms with Crippen molar-refractivity contribution in [2.45, 2.75) is 52.1 Å². The van der Waals surface area contributed by atoms with Crippen LogP contribution in [0.15, 0.2) is 23.2 Å². The maximum absolute atomic E-state index is 13.2. The van der Waals surface area contributed by atoms with Gasteiger partial charge < -0.3 is 15.4 Å². The zero-order valence-electron chi connectivity index (χ0n) is 17.5. The third kappa shape index (κ3) is 6.51. The number of fused-ring (bicyclic) bond motifs is 1. The Bertz CT molecular complexity index is 858. The molecule has 0 spiro atoms. The number of benzene rings is 1. The lowest BCUT2D eigenvalue weighted by molar-refractivity contribution is 0.324. The second-order valence-corrected chi connectivity index (χ2v) is 7.29. The van der Waals surface area contributed by atoms with Crippen LogP contribution in [0.5, 0.6) is 5.75 Å². The van der Waals surface area contributed by atoms with Crippen LogP contribution < -0.4 is 15.4 Å². The number of ether oxygens (including phenoxy) is 1. The van der Waals surface area contributed by atoms with Crippen LogP contribution in [-0.4, -0.2) is 46.5 Å². The quantitative estimate of drug-likeness (QED) is 0.247. The fourth-order valence-electron chi connectivity index (χ4n) is 3.09. The van der Waals surface area contributed by atoms with Gasteiger partial charge in [-0.2, -0.15) is 5.10 Å². The van der Waals surface area contributed by atoms with Crippen molar-refractivity contribution in [3.05, 3.63) is 41.5 Å². The fourth-order valence-corrected chi connectivity index (χ4v) is 3.09. The smallest absolute Gasteiger partial charge is 0.191 e. The van der Waals surface area contributed by atoms with E-state index >= 15 is 0 Å². The molecular weight excluding hydrogens is 505 g/mol. The Kier molecular flexibility index (Phi) is 9.25. The highest BCUT2D eigenvalue weighted by molar-refractivity contribution is 14.0. The molecule has 2 heterocycles. The number of rotatable bonds is 7. The molecule has 10 heteroatoms. The number of nitrogens with zero attached hydrogens (tertiary/aromatic N) is 4. The lowest BCUT2D eigenvalue weighted by atomic mass is 10.1. The number of aromatic nitrogens is 3. The molecule has 0 fully saturated rings. The Morgan fingerprint density at radius 1 is 1.33 bits per heavy atom. The molecule has 30 heavy (non-hydrogen) atoms. The van der Waals surface area contributed by atoms with Gasteiger partial charge in [0, 0.05) is 31.0 Å². The molecule has 1 aromatic heterocycles. The molecule has 1 aliphatic rings. The molecule has 1 unspecified atom stereocenters. The first-order valence-corrected chi connectivity index (χ1v) is 10.0. The van der Waals surface area contributed by atoms with E-state index in [0.29, 0.717) is 18.4 Å². The van der Waals surface area contributed by atoms with Gasteiger partial charge in [0.2, 0.25) is 0 Å². The predicted octanol–water partition coefficient (Wildman–Crippen LogP) is 3.25. The van der Waals surface area contributed by atoms with Crippen molar-refractivity contribution < 1.29 is 13.5 Å². The minimum Gasteiger partial charge on any atom is -0.492 e. The number of hydrogen-bond donors (Lipinski definition) is 2. The highest BCUT2D eigenvalue weighted by Crippen LogP contribution is 2.17. The molecule has 1 aromatic carbocycles. The largest absolute Gasteiger partial charge is 0.492 e. The van der Waals surface area contributed by atoms with Crippen LogP contribution in [0.4, 0.5) is 8.78 Å². The lowest BCUT2D eigenvalue weighted by Crippen LogP contribution is -2.47. The van der Waals surface area contributed by atoms with E-state index in [1.54, 1.807) is 0 Å². The SMILES string of the molecule is CCNC(=NCCOc1ccc(F)c(F)c1)NC1CCc2nc(C(C)C)nn2C1.I. The Morgan fingerprint density at radius 2 is 2.13 bits per heavy atom. The lowest BCUT2D eigenvalue weighted by Gasteiger charge is -2.25. The van der Waals surface area contributed by atoms with Gasteiger partial charge in [-0.25, -0.2) is 23.4 Å². The zero-order chi connectivity index (χ0) is 20.8. The van der Waals surface area contributed by atoms with Crippen LogP contribution >= 0.6 is 24.0 Å². The van der Waals surface area contributed by atoms with E-state index in [-0.39, 0.29) is 42.4 Å². The van der Waals surface area contributed by atoms with Crippen molar-refractivity contribution in [2.75, 3.05) is 19.7 Å². The summed E-state index contributed by atoms with van der Waals surface area (Å²) in [5.41, 5.74) is 0. The van der Waals surface area contributed by atoms with Crippen LogP contribution in [0.1, 0.15) is 44.8 Å². The van der Waals surface area contributed by atoms with Gasteiger partial charge in [-0.05, 0) is 25.5 Å². The number of hydrogen-bond acceptors (Lipinski definition) is 4. The second kappa shape index (κ2) is 11.4. The van der Waals surface area contributed by atoms with E-state index < -0.39 is 11.6 Å². The summed E-state index contributed by atoms with van der Waals surface area (Å²) in [6, 6.07) is 3.68. The van der Waals surface area contributed by atoms with Crippen LogP contribution in [0, 0.1) is 11.6 Å². The van der Waals surface area contributed by atoms with Gasteiger partial charge in [0.25, 0.3) is 0 Å². The van der Waals surface area contributed by atoms with Gasteiger partial charge >= 0.3 is 0 Å². The average Bonchev–Trinajstić information content (AvgIpc) is 3.12. The minimum absolute atomic E-state index is 0. The maximum atomic E-state index is 13.2. The standard InChI is InChI=1S/C20H28F2N6O.HI/c1-4-23-20(24-9-10-29-15-6-7-16(21)17(22)11-15)25-14-5-8-18-26-19(13(2)3)27-28(18)12-14;/h6-7,11,13-14H,4-5,8-10,12H2,1-3H3,(H2,23,24,25);1H. The topological polar surface area (TPSA) is 76.4 Å². The molecule has 0 saturated carbocycles. The third-order valence-corrected chi connectivity index (χ3v) is 4.60. The van der Waals surface area contributed by atoms with Crippen molar-refractivity contribution in [1.82, 2.24) is 25.4 Å². The van der Waals surface area contributed by atoms with Crippen LogP contribution in [-0.2, 0) is 13.0 Å². The normalized spacial score (nSPS) is 16.1. The first kappa shape index (κ1) is 24.3. The molecule has 0 bridgehead atoms.